The molecule has 2 aliphatic carbocycles. The zero-order valence-corrected chi connectivity index (χ0v) is 14.1. The molecule has 0 heterocycles. The van der Waals surface area contributed by atoms with Crippen molar-refractivity contribution >= 4 is 0 Å². The van der Waals surface area contributed by atoms with Gasteiger partial charge in [0.2, 0.25) is 0 Å². The summed E-state index contributed by atoms with van der Waals surface area (Å²) in [6.07, 6.45) is 12.1. The van der Waals surface area contributed by atoms with Crippen LogP contribution >= 0.6 is 0 Å². The van der Waals surface area contributed by atoms with Gasteiger partial charge in [-0.15, -0.1) is 0 Å². The van der Waals surface area contributed by atoms with Crippen molar-refractivity contribution in [3.05, 3.63) is 0 Å². The van der Waals surface area contributed by atoms with Gasteiger partial charge in [0.1, 0.15) is 0 Å². The van der Waals surface area contributed by atoms with E-state index in [1.165, 1.54) is 57.8 Å². The maximum atomic E-state index is 6.16. The molecular weight excluding hydrogens is 246 g/mol. The molecule has 2 aliphatic rings. The van der Waals surface area contributed by atoms with Gasteiger partial charge in [-0.25, -0.2) is 0 Å². The van der Waals surface area contributed by atoms with E-state index in [9.17, 15) is 0 Å². The summed E-state index contributed by atoms with van der Waals surface area (Å²) in [5.74, 6) is 2.59. The molecule has 20 heavy (non-hydrogen) atoms. The zero-order chi connectivity index (χ0) is 14.6. The second-order valence-electron chi connectivity index (χ2n) is 7.33. The lowest BCUT2D eigenvalue weighted by molar-refractivity contribution is -0.0967. The van der Waals surface area contributed by atoms with Crippen molar-refractivity contribution in [3.63, 3.8) is 0 Å². The fourth-order valence-corrected chi connectivity index (χ4v) is 4.94. The normalized spacial score (nSPS) is 40.5. The summed E-state index contributed by atoms with van der Waals surface area (Å²) in [6, 6.07) is 0.547. The predicted molar refractivity (Wildman–Crippen MR) is 86.0 cm³/mol. The second-order valence-corrected chi connectivity index (χ2v) is 7.33. The van der Waals surface area contributed by atoms with E-state index in [1.54, 1.807) is 0 Å². The molecule has 2 nitrogen and oxygen atoms in total. The molecule has 1 N–H and O–H groups in total. The molecule has 0 aliphatic heterocycles. The molecule has 2 fully saturated rings. The third kappa shape index (κ3) is 3.22. The van der Waals surface area contributed by atoms with Gasteiger partial charge in [-0.3, -0.25) is 0 Å². The Morgan fingerprint density at radius 2 is 1.80 bits per heavy atom. The van der Waals surface area contributed by atoms with E-state index in [-0.39, 0.29) is 5.60 Å². The van der Waals surface area contributed by atoms with E-state index in [0.717, 1.165) is 17.8 Å². The van der Waals surface area contributed by atoms with Gasteiger partial charge in [-0.1, -0.05) is 39.5 Å². The summed E-state index contributed by atoms with van der Waals surface area (Å²) in [6.45, 7) is 4.77. The van der Waals surface area contributed by atoms with E-state index < -0.39 is 0 Å². The first-order chi connectivity index (χ1) is 9.66. The Labute approximate surface area is 126 Å². The van der Waals surface area contributed by atoms with E-state index in [4.69, 9.17) is 4.74 Å². The van der Waals surface area contributed by atoms with Gasteiger partial charge in [0.15, 0.2) is 0 Å². The Balaban J connectivity index is 2.15. The Kier molecular flexibility index (Phi) is 5.92. The number of rotatable bonds is 5. The van der Waals surface area contributed by atoms with Gasteiger partial charge in [0.25, 0.3) is 0 Å². The quantitative estimate of drug-likeness (QED) is 0.807. The van der Waals surface area contributed by atoms with Crippen molar-refractivity contribution in [1.82, 2.24) is 5.32 Å². The molecular formula is C18H35NO. The lowest BCUT2D eigenvalue weighted by Crippen LogP contribution is -2.58. The van der Waals surface area contributed by atoms with Crippen molar-refractivity contribution in [2.75, 3.05) is 14.2 Å². The van der Waals surface area contributed by atoms with E-state index in [1.807, 2.05) is 7.11 Å². The standard InChI is InChI=1S/C18H35NO/c1-5-15-8-6-7-9-16(15)17(19-3)18(20-4)12-10-14(2)11-13-18/h14-17,19H,5-13H2,1-4H3. The molecule has 0 aromatic carbocycles. The molecule has 2 heteroatoms. The van der Waals surface area contributed by atoms with Crippen LogP contribution in [0.1, 0.15) is 71.6 Å². The van der Waals surface area contributed by atoms with Crippen LogP contribution in [0.25, 0.3) is 0 Å². The molecule has 3 atom stereocenters. The van der Waals surface area contributed by atoms with Crippen LogP contribution in [0, 0.1) is 17.8 Å². The summed E-state index contributed by atoms with van der Waals surface area (Å²) < 4.78 is 6.16. The Bertz CT molecular complexity index is 283. The molecule has 0 spiro atoms. The highest BCUT2D eigenvalue weighted by Crippen LogP contribution is 2.44. The minimum Gasteiger partial charge on any atom is -0.377 e. The molecule has 2 saturated carbocycles. The first-order valence-corrected chi connectivity index (χ1v) is 8.89. The third-order valence-electron chi connectivity index (χ3n) is 6.33. The van der Waals surface area contributed by atoms with E-state index in [0.29, 0.717) is 6.04 Å². The Morgan fingerprint density at radius 1 is 1.15 bits per heavy atom. The molecule has 0 amide bonds. The summed E-state index contributed by atoms with van der Waals surface area (Å²) >= 11 is 0. The maximum absolute atomic E-state index is 6.16. The second kappa shape index (κ2) is 7.26. The number of nitrogens with one attached hydrogen (secondary N) is 1. The first-order valence-electron chi connectivity index (χ1n) is 8.89. The molecule has 0 aromatic rings. The summed E-state index contributed by atoms with van der Waals surface area (Å²) in [7, 11) is 4.11. The fourth-order valence-electron chi connectivity index (χ4n) is 4.94. The summed E-state index contributed by atoms with van der Waals surface area (Å²) in [5, 5.41) is 3.69. The third-order valence-corrected chi connectivity index (χ3v) is 6.33. The van der Waals surface area contributed by atoms with Gasteiger partial charge >= 0.3 is 0 Å². The van der Waals surface area contributed by atoms with Crippen molar-refractivity contribution in [2.24, 2.45) is 17.8 Å². The number of hydrogen-bond acceptors (Lipinski definition) is 2. The van der Waals surface area contributed by atoms with Crippen LogP contribution in [0.15, 0.2) is 0 Å². The Morgan fingerprint density at radius 3 is 2.35 bits per heavy atom. The number of ether oxygens (including phenoxy) is 1. The minimum absolute atomic E-state index is 0.0939. The van der Waals surface area contributed by atoms with Crippen LogP contribution in [0.3, 0.4) is 0 Å². The van der Waals surface area contributed by atoms with Crippen molar-refractivity contribution < 1.29 is 4.74 Å². The minimum atomic E-state index is 0.0939. The first kappa shape index (κ1) is 16.3. The smallest absolute Gasteiger partial charge is 0.0833 e. The summed E-state index contributed by atoms with van der Waals surface area (Å²) in [5.41, 5.74) is 0.0939. The molecule has 3 unspecified atom stereocenters. The van der Waals surface area contributed by atoms with Gasteiger partial charge in [0, 0.05) is 13.2 Å². The van der Waals surface area contributed by atoms with E-state index >= 15 is 0 Å². The number of hydrogen-bond donors (Lipinski definition) is 1. The molecule has 118 valence electrons. The van der Waals surface area contributed by atoms with Gasteiger partial charge in [-0.2, -0.15) is 0 Å². The molecule has 0 saturated heterocycles. The van der Waals surface area contributed by atoms with Crippen LogP contribution < -0.4 is 5.32 Å². The molecule has 0 bridgehead atoms. The largest absolute Gasteiger partial charge is 0.377 e. The van der Waals surface area contributed by atoms with E-state index in [2.05, 4.69) is 26.2 Å². The fraction of sp³-hybridized carbons (Fsp3) is 1.00. The highest BCUT2D eigenvalue weighted by molar-refractivity contribution is 5.01. The molecule has 2 rings (SSSR count). The van der Waals surface area contributed by atoms with Crippen LogP contribution in [-0.4, -0.2) is 25.8 Å². The van der Waals surface area contributed by atoms with Gasteiger partial charge in [-0.05, 0) is 56.9 Å². The monoisotopic (exact) mass is 281 g/mol. The van der Waals surface area contributed by atoms with Crippen molar-refractivity contribution in [3.8, 4) is 0 Å². The lowest BCUT2D eigenvalue weighted by Gasteiger charge is -2.49. The van der Waals surface area contributed by atoms with Gasteiger partial charge in [0.05, 0.1) is 5.60 Å². The molecule has 0 aromatic heterocycles. The van der Waals surface area contributed by atoms with Crippen LogP contribution in [0.5, 0.6) is 0 Å². The zero-order valence-electron chi connectivity index (χ0n) is 14.1. The predicted octanol–water partition coefficient (Wildman–Crippen LogP) is 4.39. The number of likely N-dealkylation sites (N-methyl/N-ethyl adjacent to an activating group) is 1. The van der Waals surface area contributed by atoms with Crippen LogP contribution in [0.2, 0.25) is 0 Å². The highest BCUT2D eigenvalue weighted by Gasteiger charge is 2.46. The SMILES string of the molecule is CCC1CCCCC1C(NC)C1(OC)CCC(C)CC1. The van der Waals surface area contributed by atoms with Crippen LogP contribution in [-0.2, 0) is 4.74 Å². The average Bonchev–Trinajstić information content (AvgIpc) is 2.50. The van der Waals surface area contributed by atoms with Crippen molar-refractivity contribution in [1.29, 1.82) is 0 Å². The topological polar surface area (TPSA) is 21.3 Å². The maximum Gasteiger partial charge on any atom is 0.0833 e. The van der Waals surface area contributed by atoms with Crippen LogP contribution in [0.4, 0.5) is 0 Å². The van der Waals surface area contributed by atoms with Crippen molar-refractivity contribution in [2.45, 2.75) is 83.3 Å². The Hall–Kier alpha value is -0.0800. The molecule has 0 radical (unpaired) electrons. The average molecular weight is 281 g/mol. The lowest BCUT2D eigenvalue weighted by atomic mass is 9.65. The van der Waals surface area contributed by atoms with Gasteiger partial charge < -0.3 is 10.1 Å². The summed E-state index contributed by atoms with van der Waals surface area (Å²) in [4.78, 5) is 0. The number of methoxy groups -OCH3 is 1. The highest BCUT2D eigenvalue weighted by atomic mass is 16.5.